The number of aromatic nitrogens is 1. The first-order chi connectivity index (χ1) is 19.7. The van der Waals surface area contributed by atoms with Gasteiger partial charge in [0, 0.05) is 42.6 Å². The summed E-state index contributed by atoms with van der Waals surface area (Å²) in [6.45, 7) is 5.90. The van der Waals surface area contributed by atoms with Gasteiger partial charge in [0.1, 0.15) is 23.5 Å². The van der Waals surface area contributed by atoms with Gasteiger partial charge >= 0.3 is 0 Å². The first-order valence-electron chi connectivity index (χ1n) is 14.1. The van der Waals surface area contributed by atoms with E-state index in [9.17, 15) is 9.18 Å². The molecule has 218 valence electrons. The maximum Gasteiger partial charge on any atom is 0.216 e. The Balaban J connectivity index is 1.33. The molecule has 3 aromatic rings. The fraction of sp³-hybridized carbons (Fsp3) is 0.419. The normalized spacial score (nSPS) is 20.2. The monoisotopic (exact) mass is 599 g/mol. The van der Waals surface area contributed by atoms with Crippen LogP contribution in [0.3, 0.4) is 0 Å². The van der Waals surface area contributed by atoms with E-state index in [0.29, 0.717) is 46.2 Å². The summed E-state index contributed by atoms with van der Waals surface area (Å²) in [7, 11) is 0. The van der Waals surface area contributed by atoms with E-state index in [1.807, 2.05) is 41.3 Å². The molecule has 0 bridgehead atoms. The topological polar surface area (TPSA) is 83.7 Å². The summed E-state index contributed by atoms with van der Waals surface area (Å²) in [6.07, 6.45) is 3.27. The van der Waals surface area contributed by atoms with Gasteiger partial charge in [0.15, 0.2) is 0 Å². The minimum Gasteiger partial charge on any atom is -0.456 e. The number of amides is 1. The Labute approximate surface area is 250 Å². The molecule has 0 radical (unpaired) electrons. The number of halogens is 3. The molecule has 0 spiro atoms. The molecule has 41 heavy (non-hydrogen) atoms. The van der Waals surface area contributed by atoms with Gasteiger partial charge in [-0.3, -0.25) is 9.69 Å². The number of alkyl halides is 1. The van der Waals surface area contributed by atoms with Crippen molar-refractivity contribution in [1.82, 2.24) is 15.2 Å². The summed E-state index contributed by atoms with van der Waals surface area (Å²) >= 11 is 12.7. The van der Waals surface area contributed by atoms with Crippen molar-refractivity contribution in [1.29, 1.82) is 0 Å². The second kappa shape index (κ2) is 13.4. The molecule has 1 aromatic heterocycles. The highest BCUT2D eigenvalue weighted by Gasteiger charge is 2.27. The number of anilines is 1. The number of ether oxygens (including phenoxy) is 1. The van der Waals surface area contributed by atoms with Crippen LogP contribution in [-0.2, 0) is 11.3 Å². The molecular formula is C31H36Cl2FN5O2. The largest absolute Gasteiger partial charge is 0.456 e. The number of nitrogens with two attached hydrogens (primary N) is 1. The van der Waals surface area contributed by atoms with Crippen molar-refractivity contribution in [3.8, 4) is 22.6 Å². The van der Waals surface area contributed by atoms with Gasteiger partial charge in [0.2, 0.25) is 5.91 Å². The molecule has 2 fully saturated rings. The lowest BCUT2D eigenvalue weighted by Gasteiger charge is -2.33. The summed E-state index contributed by atoms with van der Waals surface area (Å²) in [5, 5.41) is 4.08. The van der Waals surface area contributed by atoms with Gasteiger partial charge in [-0.1, -0.05) is 23.2 Å². The molecule has 2 aromatic carbocycles. The van der Waals surface area contributed by atoms with Crippen LogP contribution in [0.25, 0.3) is 11.1 Å². The fourth-order valence-electron chi connectivity index (χ4n) is 5.48. The number of pyridine rings is 1. The lowest BCUT2D eigenvalue weighted by atomic mass is 9.96. The predicted octanol–water partition coefficient (Wildman–Crippen LogP) is 6.07. The fourth-order valence-corrected chi connectivity index (χ4v) is 6.01. The molecule has 7 nitrogen and oxygen atoms in total. The third-order valence-electron chi connectivity index (χ3n) is 7.79. The van der Waals surface area contributed by atoms with Gasteiger partial charge in [-0.2, -0.15) is 0 Å². The minimum absolute atomic E-state index is 0.0207. The predicted molar refractivity (Wildman–Crippen MR) is 163 cm³/mol. The number of carbonyl (C=O) groups is 1. The molecule has 0 aliphatic carbocycles. The molecule has 0 saturated carbocycles. The van der Waals surface area contributed by atoms with Crippen LogP contribution in [0, 0.1) is 5.92 Å². The standard InChI is InChI=1S/C31H36Cl2FN5O2/c1-20(40)36-16-21-4-7-38(8-5-21)18-22-10-23(24-12-25(32)15-26(33)13-24)14-28(11-22)41-27-2-3-31(37-17-27)39-9-6-30(35)29(34)19-39/h2-3,10-15,17,21,29-30H,4-9,16,18-19,35H2,1H3,(H,36,40)/t29?,30-/m1/s1. The summed E-state index contributed by atoms with van der Waals surface area (Å²) in [5.41, 5.74) is 8.79. The molecule has 5 rings (SSSR count). The van der Waals surface area contributed by atoms with Crippen LogP contribution in [0.2, 0.25) is 10.0 Å². The van der Waals surface area contributed by atoms with E-state index in [1.54, 1.807) is 19.2 Å². The molecule has 2 saturated heterocycles. The van der Waals surface area contributed by atoms with Crippen LogP contribution in [0.4, 0.5) is 10.2 Å². The maximum atomic E-state index is 14.1. The van der Waals surface area contributed by atoms with Crippen molar-refractivity contribution in [3.63, 3.8) is 0 Å². The number of likely N-dealkylation sites (tertiary alicyclic amines) is 1. The van der Waals surface area contributed by atoms with Crippen molar-refractivity contribution in [2.75, 3.05) is 37.6 Å². The highest BCUT2D eigenvalue weighted by molar-refractivity contribution is 6.35. The van der Waals surface area contributed by atoms with E-state index in [-0.39, 0.29) is 12.5 Å². The molecule has 1 amide bonds. The van der Waals surface area contributed by atoms with Crippen LogP contribution < -0.4 is 20.7 Å². The Morgan fingerprint density at radius 1 is 1.02 bits per heavy atom. The second-order valence-corrected chi connectivity index (χ2v) is 11.9. The summed E-state index contributed by atoms with van der Waals surface area (Å²) in [4.78, 5) is 20.2. The van der Waals surface area contributed by atoms with E-state index >= 15 is 0 Å². The third-order valence-corrected chi connectivity index (χ3v) is 8.22. The first kappa shape index (κ1) is 29.6. The molecular weight excluding hydrogens is 564 g/mol. The molecule has 1 unspecified atom stereocenters. The van der Waals surface area contributed by atoms with Gasteiger partial charge in [-0.15, -0.1) is 0 Å². The van der Waals surface area contributed by atoms with E-state index in [0.717, 1.165) is 55.7 Å². The van der Waals surface area contributed by atoms with Crippen molar-refractivity contribution in [2.45, 2.75) is 44.9 Å². The van der Waals surface area contributed by atoms with E-state index in [4.69, 9.17) is 33.7 Å². The summed E-state index contributed by atoms with van der Waals surface area (Å²) < 4.78 is 20.4. The molecule has 10 heteroatoms. The van der Waals surface area contributed by atoms with Crippen molar-refractivity contribution in [2.24, 2.45) is 11.7 Å². The van der Waals surface area contributed by atoms with E-state index < -0.39 is 12.2 Å². The van der Waals surface area contributed by atoms with Gasteiger partial charge in [0.25, 0.3) is 0 Å². The van der Waals surface area contributed by atoms with Crippen molar-refractivity contribution < 1.29 is 13.9 Å². The van der Waals surface area contributed by atoms with Crippen LogP contribution >= 0.6 is 23.2 Å². The number of carbonyl (C=O) groups excluding carboxylic acids is 1. The smallest absolute Gasteiger partial charge is 0.216 e. The number of rotatable bonds is 8. The Morgan fingerprint density at radius 3 is 2.41 bits per heavy atom. The average molecular weight is 601 g/mol. The van der Waals surface area contributed by atoms with Gasteiger partial charge in [0.05, 0.1) is 12.7 Å². The number of piperidine rings is 2. The number of nitrogens with one attached hydrogen (secondary N) is 1. The Bertz CT molecular complexity index is 1330. The van der Waals surface area contributed by atoms with Gasteiger partial charge in [-0.05, 0) is 103 Å². The van der Waals surface area contributed by atoms with Crippen LogP contribution in [0.1, 0.15) is 31.7 Å². The van der Waals surface area contributed by atoms with Crippen LogP contribution in [-0.4, -0.2) is 60.7 Å². The summed E-state index contributed by atoms with van der Waals surface area (Å²) in [6, 6.07) is 15.0. The zero-order chi connectivity index (χ0) is 28.9. The highest BCUT2D eigenvalue weighted by Crippen LogP contribution is 2.33. The molecule has 3 heterocycles. The number of hydrogen-bond acceptors (Lipinski definition) is 6. The van der Waals surface area contributed by atoms with Crippen LogP contribution in [0.15, 0.2) is 54.7 Å². The average Bonchev–Trinajstić information content (AvgIpc) is 2.94. The minimum atomic E-state index is -1.06. The van der Waals surface area contributed by atoms with Crippen LogP contribution in [0.5, 0.6) is 11.5 Å². The molecule has 3 N–H and O–H groups in total. The molecule has 2 atom stereocenters. The van der Waals surface area contributed by atoms with Gasteiger partial charge < -0.3 is 20.7 Å². The third kappa shape index (κ3) is 8.10. The Hall–Kier alpha value is -2.91. The Morgan fingerprint density at radius 2 is 1.76 bits per heavy atom. The van der Waals surface area contributed by atoms with E-state index in [1.165, 1.54) is 0 Å². The lowest BCUT2D eigenvalue weighted by molar-refractivity contribution is -0.119. The molecule has 2 aliphatic rings. The summed E-state index contributed by atoms with van der Waals surface area (Å²) in [5.74, 6) is 2.49. The van der Waals surface area contributed by atoms with Crippen molar-refractivity contribution in [3.05, 3.63) is 70.3 Å². The van der Waals surface area contributed by atoms with E-state index in [2.05, 4.69) is 21.3 Å². The SMILES string of the molecule is CC(=O)NCC1CCN(Cc2cc(Oc3ccc(N4CC[C@@H](N)C(F)C4)nc3)cc(-c3cc(Cl)cc(Cl)c3)c2)CC1. The maximum absolute atomic E-state index is 14.1. The zero-order valence-corrected chi connectivity index (χ0v) is 24.7. The van der Waals surface area contributed by atoms with Gasteiger partial charge in [-0.25, -0.2) is 9.37 Å². The number of hydrogen-bond donors (Lipinski definition) is 2. The first-order valence-corrected chi connectivity index (χ1v) is 14.8. The van der Waals surface area contributed by atoms with Crippen molar-refractivity contribution >= 4 is 34.9 Å². The Kier molecular flexibility index (Phi) is 9.65. The quantitative estimate of drug-likeness (QED) is 0.327. The highest BCUT2D eigenvalue weighted by atomic mass is 35.5. The second-order valence-electron chi connectivity index (χ2n) is 11.0. The number of nitrogens with zero attached hydrogens (tertiary/aromatic N) is 3. The lowest BCUT2D eigenvalue weighted by Crippen LogP contribution is -2.48. The molecule has 2 aliphatic heterocycles. The number of benzene rings is 2. The zero-order valence-electron chi connectivity index (χ0n) is 23.2.